The molecule has 2 aliphatic rings. The van der Waals surface area contributed by atoms with Crippen LogP contribution >= 0.6 is 0 Å². The molecule has 0 spiro atoms. The number of sulfonamides is 1. The lowest BCUT2D eigenvalue weighted by atomic mass is 9.99. The Labute approximate surface area is 181 Å². The summed E-state index contributed by atoms with van der Waals surface area (Å²) < 4.78 is 33.1. The molecular formula is C21H28N4O5S. The molecule has 31 heavy (non-hydrogen) atoms. The molecule has 2 aromatic rings. The summed E-state index contributed by atoms with van der Waals surface area (Å²) in [7, 11) is -3.80. The summed E-state index contributed by atoms with van der Waals surface area (Å²) in [6.07, 6.45) is 4.52. The van der Waals surface area contributed by atoms with E-state index >= 15 is 0 Å². The average Bonchev–Trinajstić information content (AvgIpc) is 3.53. The Balaban J connectivity index is 1.40. The summed E-state index contributed by atoms with van der Waals surface area (Å²) in [4.78, 5) is 29.7. The molecule has 0 aromatic carbocycles. The molecule has 168 valence electrons. The van der Waals surface area contributed by atoms with Crippen LogP contribution in [-0.4, -0.2) is 60.6 Å². The fraction of sp³-hybridized carbons (Fsp3) is 0.524. The minimum Gasteiger partial charge on any atom is -0.465 e. The summed E-state index contributed by atoms with van der Waals surface area (Å²) in [5.74, 6) is 0.641. The first-order chi connectivity index (χ1) is 14.8. The number of carbonyl (C=O) groups is 2. The number of furan rings is 1. The van der Waals surface area contributed by atoms with Crippen molar-refractivity contribution in [2.75, 3.05) is 26.2 Å². The molecule has 2 fully saturated rings. The van der Waals surface area contributed by atoms with Crippen LogP contribution in [0.15, 0.2) is 33.7 Å². The van der Waals surface area contributed by atoms with Crippen molar-refractivity contribution < 1.29 is 22.4 Å². The first-order valence-corrected chi connectivity index (χ1v) is 12.1. The van der Waals surface area contributed by atoms with Crippen LogP contribution in [0.3, 0.4) is 0 Å². The maximum atomic E-state index is 13.1. The quantitative estimate of drug-likeness (QED) is 0.700. The van der Waals surface area contributed by atoms with Gasteiger partial charge in [-0.2, -0.15) is 4.31 Å². The number of aromatic amines is 1. The zero-order chi connectivity index (χ0) is 22.0. The third-order valence-electron chi connectivity index (χ3n) is 5.91. The Morgan fingerprint density at radius 2 is 1.97 bits per heavy atom. The zero-order valence-corrected chi connectivity index (χ0v) is 18.4. The van der Waals surface area contributed by atoms with E-state index in [2.05, 4.69) is 10.3 Å². The van der Waals surface area contributed by atoms with E-state index in [9.17, 15) is 18.0 Å². The van der Waals surface area contributed by atoms with Crippen molar-refractivity contribution in [2.45, 2.75) is 44.0 Å². The minimum absolute atomic E-state index is 0.0576. The Kier molecular flexibility index (Phi) is 6.19. The molecule has 9 nitrogen and oxygen atoms in total. The maximum absolute atomic E-state index is 13.1. The summed E-state index contributed by atoms with van der Waals surface area (Å²) in [6.45, 7) is 3.97. The van der Waals surface area contributed by atoms with Gasteiger partial charge < -0.3 is 19.6 Å². The van der Waals surface area contributed by atoms with Gasteiger partial charge >= 0.3 is 0 Å². The second kappa shape index (κ2) is 8.88. The van der Waals surface area contributed by atoms with Gasteiger partial charge in [-0.15, -0.1) is 0 Å². The van der Waals surface area contributed by atoms with Gasteiger partial charge in [0, 0.05) is 32.4 Å². The predicted molar refractivity (Wildman–Crippen MR) is 113 cm³/mol. The monoisotopic (exact) mass is 448 g/mol. The summed E-state index contributed by atoms with van der Waals surface area (Å²) in [6, 6.07) is 5.04. The molecule has 0 saturated carbocycles. The first-order valence-electron chi connectivity index (χ1n) is 10.7. The maximum Gasteiger partial charge on any atom is 0.270 e. The van der Waals surface area contributed by atoms with E-state index in [1.165, 1.54) is 16.6 Å². The first kappa shape index (κ1) is 21.6. The van der Waals surface area contributed by atoms with E-state index < -0.39 is 15.9 Å². The number of likely N-dealkylation sites (tertiary alicyclic amines) is 1. The van der Waals surface area contributed by atoms with Crippen LogP contribution in [0.5, 0.6) is 0 Å². The third-order valence-corrected chi connectivity index (χ3v) is 7.75. The summed E-state index contributed by atoms with van der Waals surface area (Å²) >= 11 is 0. The van der Waals surface area contributed by atoms with Crippen LogP contribution in [0.25, 0.3) is 0 Å². The van der Waals surface area contributed by atoms with Crippen LogP contribution in [0.2, 0.25) is 0 Å². The number of hydrogen-bond donors (Lipinski definition) is 2. The van der Waals surface area contributed by atoms with Gasteiger partial charge in [-0.05, 0) is 50.8 Å². The van der Waals surface area contributed by atoms with Gasteiger partial charge in [0.15, 0.2) is 0 Å². The number of rotatable bonds is 6. The van der Waals surface area contributed by atoms with E-state index in [1.807, 2.05) is 13.0 Å². The molecule has 2 aromatic heterocycles. The molecule has 0 radical (unpaired) electrons. The largest absolute Gasteiger partial charge is 0.465 e. The number of H-pyrrole nitrogens is 1. The van der Waals surface area contributed by atoms with Crippen molar-refractivity contribution in [3.8, 4) is 0 Å². The fourth-order valence-electron chi connectivity index (χ4n) is 4.16. The van der Waals surface area contributed by atoms with Crippen molar-refractivity contribution in [1.82, 2.24) is 19.5 Å². The SMILES string of the molecule is Cc1ccc(CNC(=O)[C@@H]2CCCN(S(=O)(=O)c3c[nH]c(C(=O)N4CCCC4)c3)C2)o1. The van der Waals surface area contributed by atoms with Gasteiger partial charge in [-0.25, -0.2) is 8.42 Å². The molecule has 4 rings (SSSR count). The number of nitrogens with zero attached hydrogens (tertiary/aromatic N) is 2. The van der Waals surface area contributed by atoms with Crippen LogP contribution in [0, 0.1) is 12.8 Å². The zero-order valence-electron chi connectivity index (χ0n) is 17.6. The van der Waals surface area contributed by atoms with Crippen LogP contribution < -0.4 is 5.32 Å². The number of amides is 2. The number of aryl methyl sites for hydroxylation is 1. The highest BCUT2D eigenvalue weighted by molar-refractivity contribution is 7.89. The molecule has 2 aliphatic heterocycles. The molecule has 0 aliphatic carbocycles. The lowest BCUT2D eigenvalue weighted by Crippen LogP contribution is -2.45. The van der Waals surface area contributed by atoms with E-state index in [0.717, 1.165) is 18.6 Å². The minimum atomic E-state index is -3.80. The fourth-order valence-corrected chi connectivity index (χ4v) is 5.68. The Morgan fingerprint density at radius 1 is 1.19 bits per heavy atom. The molecule has 10 heteroatoms. The van der Waals surface area contributed by atoms with E-state index in [-0.39, 0.29) is 35.5 Å². The van der Waals surface area contributed by atoms with Gasteiger partial charge in [0.25, 0.3) is 5.91 Å². The van der Waals surface area contributed by atoms with Crippen LogP contribution in [0.1, 0.15) is 47.7 Å². The smallest absolute Gasteiger partial charge is 0.270 e. The number of nitrogens with one attached hydrogen (secondary N) is 2. The number of aromatic nitrogens is 1. The average molecular weight is 449 g/mol. The topological polar surface area (TPSA) is 116 Å². The summed E-state index contributed by atoms with van der Waals surface area (Å²) in [5.41, 5.74) is 0.278. The lowest BCUT2D eigenvalue weighted by molar-refractivity contribution is -0.126. The Hall–Kier alpha value is -2.59. The van der Waals surface area contributed by atoms with Gasteiger partial charge in [-0.1, -0.05) is 0 Å². The van der Waals surface area contributed by atoms with E-state index in [0.29, 0.717) is 38.2 Å². The highest BCUT2D eigenvalue weighted by atomic mass is 32.2. The second-order valence-corrected chi connectivity index (χ2v) is 10.1. The van der Waals surface area contributed by atoms with Gasteiger partial charge in [-0.3, -0.25) is 9.59 Å². The van der Waals surface area contributed by atoms with E-state index in [4.69, 9.17) is 4.42 Å². The van der Waals surface area contributed by atoms with Gasteiger partial charge in [0.05, 0.1) is 12.5 Å². The van der Waals surface area contributed by atoms with Crippen LogP contribution in [0.4, 0.5) is 0 Å². The third kappa shape index (κ3) is 4.69. The highest BCUT2D eigenvalue weighted by Crippen LogP contribution is 2.25. The predicted octanol–water partition coefficient (Wildman–Crippen LogP) is 1.87. The molecule has 2 amide bonds. The second-order valence-electron chi connectivity index (χ2n) is 8.18. The Bertz CT molecular complexity index is 1050. The van der Waals surface area contributed by atoms with E-state index in [1.54, 1.807) is 11.0 Å². The van der Waals surface area contributed by atoms with Crippen molar-refractivity contribution >= 4 is 21.8 Å². The summed E-state index contributed by atoms with van der Waals surface area (Å²) in [5, 5.41) is 2.83. The van der Waals surface area contributed by atoms with Crippen LogP contribution in [-0.2, 0) is 21.4 Å². The van der Waals surface area contributed by atoms with Crippen molar-refractivity contribution in [3.05, 3.63) is 41.6 Å². The molecule has 4 heterocycles. The van der Waals surface area contributed by atoms with Gasteiger partial charge in [0.2, 0.25) is 15.9 Å². The molecule has 2 N–H and O–H groups in total. The number of hydrogen-bond acceptors (Lipinski definition) is 5. The normalized spacial score (nSPS) is 20.2. The standard InChI is InChI=1S/C21H28N4O5S/c1-15-6-7-17(30-15)12-23-20(26)16-5-4-10-25(14-16)31(28,29)18-11-19(22-13-18)21(27)24-8-2-3-9-24/h6-7,11,13,16,22H,2-5,8-10,12,14H2,1H3,(H,23,26)/t16-/m1/s1. The molecule has 0 unspecified atom stereocenters. The Morgan fingerprint density at radius 3 is 2.68 bits per heavy atom. The number of carbonyl (C=O) groups excluding carboxylic acids is 2. The van der Waals surface area contributed by atoms with Crippen molar-refractivity contribution in [1.29, 1.82) is 0 Å². The van der Waals surface area contributed by atoms with Gasteiger partial charge in [0.1, 0.15) is 22.1 Å². The number of piperidine rings is 1. The molecule has 0 bridgehead atoms. The van der Waals surface area contributed by atoms with Crippen molar-refractivity contribution in [3.63, 3.8) is 0 Å². The molecule has 1 atom stereocenters. The molecular weight excluding hydrogens is 420 g/mol. The van der Waals surface area contributed by atoms with Crippen molar-refractivity contribution in [2.24, 2.45) is 5.92 Å². The lowest BCUT2D eigenvalue weighted by Gasteiger charge is -2.30. The highest BCUT2D eigenvalue weighted by Gasteiger charge is 2.34. The molecule has 2 saturated heterocycles.